The van der Waals surface area contributed by atoms with E-state index in [4.69, 9.17) is 0 Å². The Bertz CT molecular complexity index is 773. The number of benzene rings is 2. The van der Waals surface area contributed by atoms with Gasteiger partial charge in [0.15, 0.2) is 0 Å². The van der Waals surface area contributed by atoms with Crippen LogP contribution in [0.3, 0.4) is 0 Å². The van der Waals surface area contributed by atoms with Gasteiger partial charge in [0.05, 0.1) is 4.92 Å². The maximum absolute atomic E-state index is 12.6. The molecule has 1 N–H and O–H groups in total. The normalized spacial score (nSPS) is 12.0. The molecule has 6 nitrogen and oxygen atoms in total. The zero-order valence-corrected chi connectivity index (χ0v) is 16.1. The van der Waals surface area contributed by atoms with E-state index in [9.17, 15) is 14.9 Å². The second kappa shape index (κ2) is 9.83. The molecule has 6 heteroatoms. The van der Waals surface area contributed by atoms with Crippen LogP contribution in [0, 0.1) is 17.0 Å². The molecule has 1 atom stereocenters. The molecule has 0 spiro atoms. The summed E-state index contributed by atoms with van der Waals surface area (Å²) in [6.07, 6.45) is 0.804. The van der Waals surface area contributed by atoms with Crippen LogP contribution in [0.4, 0.5) is 5.69 Å². The zero-order valence-electron chi connectivity index (χ0n) is 16.1. The summed E-state index contributed by atoms with van der Waals surface area (Å²) >= 11 is 0. The van der Waals surface area contributed by atoms with Crippen LogP contribution in [0.15, 0.2) is 48.5 Å². The molecule has 0 fully saturated rings. The average Bonchev–Trinajstić information content (AvgIpc) is 2.66. The molecule has 1 unspecified atom stereocenters. The number of aryl methyl sites for hydroxylation is 1. The Kier molecular flexibility index (Phi) is 7.49. The van der Waals surface area contributed by atoms with Crippen LogP contribution >= 0.6 is 0 Å². The minimum atomic E-state index is -0.490. The molecular weight excluding hydrogens is 342 g/mol. The van der Waals surface area contributed by atoms with Crippen molar-refractivity contribution in [3.05, 3.63) is 75.3 Å². The molecule has 2 rings (SSSR count). The number of amides is 1. The van der Waals surface area contributed by atoms with Crippen molar-refractivity contribution >= 4 is 11.6 Å². The molecule has 0 saturated carbocycles. The van der Waals surface area contributed by atoms with Gasteiger partial charge >= 0.3 is 0 Å². The van der Waals surface area contributed by atoms with Gasteiger partial charge in [-0.1, -0.05) is 56.3 Å². The molecule has 0 heterocycles. The number of carbonyl (C=O) groups excluding carboxylic acids is 1. The molecule has 0 bridgehead atoms. The van der Waals surface area contributed by atoms with Gasteiger partial charge in [-0.2, -0.15) is 0 Å². The van der Waals surface area contributed by atoms with E-state index in [0.29, 0.717) is 12.1 Å². The Hall–Kier alpha value is -2.73. The first kappa shape index (κ1) is 20.6. The van der Waals surface area contributed by atoms with Crippen LogP contribution < -0.4 is 5.32 Å². The fourth-order valence-corrected chi connectivity index (χ4v) is 3.35. The summed E-state index contributed by atoms with van der Waals surface area (Å²) in [5, 5.41) is 14.3. The summed E-state index contributed by atoms with van der Waals surface area (Å²) in [4.78, 5) is 25.8. The Balaban J connectivity index is 2.16. The summed E-state index contributed by atoms with van der Waals surface area (Å²) in [5.74, 6) is -0.407. The van der Waals surface area contributed by atoms with Crippen molar-refractivity contribution in [2.24, 2.45) is 0 Å². The van der Waals surface area contributed by atoms with Crippen LogP contribution in [-0.4, -0.2) is 41.4 Å². The van der Waals surface area contributed by atoms with Gasteiger partial charge in [0.1, 0.15) is 5.56 Å². The Labute approximate surface area is 160 Å². The summed E-state index contributed by atoms with van der Waals surface area (Å²) < 4.78 is 0. The summed E-state index contributed by atoms with van der Waals surface area (Å²) in [6.45, 7) is 8.00. The Morgan fingerprint density at radius 3 is 2.37 bits per heavy atom. The highest BCUT2D eigenvalue weighted by molar-refractivity contribution is 5.98. The highest BCUT2D eigenvalue weighted by atomic mass is 16.6. The number of rotatable bonds is 9. The summed E-state index contributed by atoms with van der Waals surface area (Å²) in [6, 6.07) is 15.1. The zero-order chi connectivity index (χ0) is 19.8. The molecule has 144 valence electrons. The number of nitro groups is 1. The standard InChI is InChI=1S/C21H27N3O3/c1-4-23(5-2)18(14-17-11-7-6-8-12-17)15-22-21(25)19-13-9-10-16(3)20(19)24(26)27/h6-13,18H,4-5,14-15H2,1-3H3,(H,22,25). The van der Waals surface area contributed by atoms with Crippen molar-refractivity contribution in [2.45, 2.75) is 33.2 Å². The lowest BCUT2D eigenvalue weighted by molar-refractivity contribution is -0.385. The van der Waals surface area contributed by atoms with Crippen molar-refractivity contribution in [1.82, 2.24) is 10.2 Å². The first-order chi connectivity index (χ1) is 13.0. The minimum Gasteiger partial charge on any atom is -0.350 e. The SMILES string of the molecule is CCN(CC)C(CNC(=O)c1cccc(C)c1[N+](=O)[O-])Cc1ccccc1. The van der Waals surface area contributed by atoms with Crippen molar-refractivity contribution in [1.29, 1.82) is 0 Å². The fraction of sp³-hybridized carbons (Fsp3) is 0.381. The number of nitrogens with one attached hydrogen (secondary N) is 1. The number of para-hydroxylation sites is 1. The van der Waals surface area contributed by atoms with E-state index >= 15 is 0 Å². The summed E-state index contributed by atoms with van der Waals surface area (Å²) in [7, 11) is 0. The first-order valence-corrected chi connectivity index (χ1v) is 9.28. The molecule has 0 aromatic heterocycles. The van der Waals surface area contributed by atoms with E-state index in [-0.39, 0.29) is 17.3 Å². The third-order valence-electron chi connectivity index (χ3n) is 4.81. The lowest BCUT2D eigenvalue weighted by atomic mass is 10.0. The van der Waals surface area contributed by atoms with Gasteiger partial charge < -0.3 is 5.32 Å². The monoisotopic (exact) mass is 369 g/mol. The largest absolute Gasteiger partial charge is 0.350 e. The molecule has 2 aromatic carbocycles. The number of nitro benzene ring substituents is 1. The molecule has 0 radical (unpaired) electrons. The maximum Gasteiger partial charge on any atom is 0.285 e. The molecule has 0 saturated heterocycles. The van der Waals surface area contributed by atoms with Crippen LogP contribution in [0.1, 0.15) is 35.3 Å². The van der Waals surface area contributed by atoms with E-state index < -0.39 is 10.8 Å². The molecule has 0 aliphatic carbocycles. The van der Waals surface area contributed by atoms with E-state index in [1.54, 1.807) is 19.1 Å². The lowest BCUT2D eigenvalue weighted by Gasteiger charge is -2.30. The molecule has 0 aliphatic heterocycles. The maximum atomic E-state index is 12.6. The van der Waals surface area contributed by atoms with Crippen molar-refractivity contribution in [3.63, 3.8) is 0 Å². The summed E-state index contributed by atoms with van der Waals surface area (Å²) in [5.41, 5.74) is 1.66. The van der Waals surface area contributed by atoms with E-state index in [1.165, 1.54) is 11.6 Å². The smallest absolute Gasteiger partial charge is 0.285 e. The first-order valence-electron chi connectivity index (χ1n) is 9.28. The van der Waals surface area contributed by atoms with E-state index in [0.717, 1.165) is 19.5 Å². The number of carbonyl (C=O) groups is 1. The van der Waals surface area contributed by atoms with Gasteiger partial charge in [0.25, 0.3) is 11.6 Å². The Morgan fingerprint density at radius 1 is 1.11 bits per heavy atom. The highest BCUT2D eigenvalue weighted by Crippen LogP contribution is 2.23. The highest BCUT2D eigenvalue weighted by Gasteiger charge is 2.24. The van der Waals surface area contributed by atoms with Crippen molar-refractivity contribution < 1.29 is 9.72 Å². The van der Waals surface area contributed by atoms with Gasteiger partial charge in [-0.15, -0.1) is 0 Å². The van der Waals surface area contributed by atoms with E-state index in [2.05, 4.69) is 36.2 Å². The van der Waals surface area contributed by atoms with E-state index in [1.807, 2.05) is 18.2 Å². The molecular formula is C21H27N3O3. The number of likely N-dealkylation sites (N-methyl/N-ethyl adjacent to an activating group) is 1. The van der Waals surface area contributed by atoms with Gasteiger partial charge in [-0.05, 0) is 38.1 Å². The predicted octanol–water partition coefficient (Wildman–Crippen LogP) is 3.59. The second-order valence-electron chi connectivity index (χ2n) is 6.50. The predicted molar refractivity (Wildman–Crippen MR) is 107 cm³/mol. The van der Waals surface area contributed by atoms with Crippen LogP contribution in [0.25, 0.3) is 0 Å². The molecule has 0 aliphatic rings. The molecule has 1 amide bonds. The number of hydrogen-bond acceptors (Lipinski definition) is 4. The van der Waals surface area contributed by atoms with Crippen LogP contribution in [0.5, 0.6) is 0 Å². The van der Waals surface area contributed by atoms with Crippen LogP contribution in [-0.2, 0) is 6.42 Å². The van der Waals surface area contributed by atoms with Crippen molar-refractivity contribution in [3.8, 4) is 0 Å². The quantitative estimate of drug-likeness (QED) is 0.541. The third kappa shape index (κ3) is 5.37. The minimum absolute atomic E-state index is 0.109. The fourth-order valence-electron chi connectivity index (χ4n) is 3.35. The lowest BCUT2D eigenvalue weighted by Crippen LogP contribution is -2.45. The van der Waals surface area contributed by atoms with Gasteiger partial charge in [0.2, 0.25) is 0 Å². The number of nitrogens with zero attached hydrogens (tertiary/aromatic N) is 2. The second-order valence-corrected chi connectivity index (χ2v) is 6.50. The number of hydrogen-bond donors (Lipinski definition) is 1. The Morgan fingerprint density at radius 2 is 1.78 bits per heavy atom. The van der Waals surface area contributed by atoms with Gasteiger partial charge in [-0.3, -0.25) is 19.8 Å². The third-order valence-corrected chi connectivity index (χ3v) is 4.81. The topological polar surface area (TPSA) is 75.5 Å². The molecule has 27 heavy (non-hydrogen) atoms. The van der Waals surface area contributed by atoms with Gasteiger partial charge in [0, 0.05) is 18.2 Å². The van der Waals surface area contributed by atoms with Crippen LogP contribution in [0.2, 0.25) is 0 Å². The molecule has 2 aromatic rings. The van der Waals surface area contributed by atoms with Crippen molar-refractivity contribution in [2.75, 3.05) is 19.6 Å². The average molecular weight is 369 g/mol. The van der Waals surface area contributed by atoms with Gasteiger partial charge in [-0.25, -0.2) is 0 Å².